The van der Waals surface area contributed by atoms with Crippen molar-refractivity contribution in [3.63, 3.8) is 0 Å². The molecule has 3 N–H and O–H groups in total. The summed E-state index contributed by atoms with van der Waals surface area (Å²) in [5.41, 5.74) is 4.48. The van der Waals surface area contributed by atoms with Crippen molar-refractivity contribution >= 4 is 35.3 Å². The van der Waals surface area contributed by atoms with Crippen LogP contribution in [0, 0.1) is 0 Å². The van der Waals surface area contributed by atoms with Crippen LogP contribution in [0.1, 0.15) is 22.8 Å². The number of anilines is 3. The molecule has 0 atom stereocenters. The van der Waals surface area contributed by atoms with Gasteiger partial charge in [-0.05, 0) is 53.6 Å². The van der Waals surface area contributed by atoms with Crippen molar-refractivity contribution in [2.24, 2.45) is 0 Å². The number of hydrogen-bond acceptors (Lipinski definition) is 11. The smallest absolute Gasteiger partial charge is 0.254 e. The zero-order valence-electron chi connectivity index (χ0n) is 27.6. The van der Waals surface area contributed by atoms with Gasteiger partial charge in [0.2, 0.25) is 5.91 Å². The number of nitrogens with one attached hydrogen (secondary N) is 3. The van der Waals surface area contributed by atoms with Gasteiger partial charge in [-0.3, -0.25) is 9.59 Å². The number of carbonyl (C=O) groups excluding carboxylic acids is 3. The molecule has 1 aromatic heterocycles. The Labute approximate surface area is 281 Å². The number of carbonyl (C=O) groups is 3. The van der Waals surface area contributed by atoms with E-state index in [-0.39, 0.29) is 18.2 Å². The van der Waals surface area contributed by atoms with Crippen LogP contribution in [-0.2, 0) is 35.0 Å². The lowest BCUT2D eigenvalue weighted by molar-refractivity contribution is -0.114. The van der Waals surface area contributed by atoms with Crippen LogP contribution in [-0.4, -0.2) is 114 Å². The Morgan fingerprint density at radius 1 is 0.917 bits per heavy atom. The highest BCUT2D eigenvalue weighted by atomic mass is 16.6. The number of aromatic nitrogens is 1. The van der Waals surface area contributed by atoms with Crippen LogP contribution in [0.15, 0.2) is 54.7 Å². The van der Waals surface area contributed by atoms with Crippen molar-refractivity contribution in [3.05, 3.63) is 65.9 Å². The van der Waals surface area contributed by atoms with Crippen molar-refractivity contribution in [2.45, 2.75) is 13.3 Å². The van der Waals surface area contributed by atoms with E-state index in [4.69, 9.17) is 23.7 Å². The van der Waals surface area contributed by atoms with E-state index < -0.39 is 0 Å². The maximum absolute atomic E-state index is 13.6. The summed E-state index contributed by atoms with van der Waals surface area (Å²) < 4.78 is 27.9. The Morgan fingerprint density at radius 2 is 1.60 bits per heavy atom. The maximum Gasteiger partial charge on any atom is 0.254 e. The maximum atomic E-state index is 13.6. The number of pyridine rings is 1. The largest absolute Gasteiger partial charge is 0.491 e. The third kappa shape index (κ3) is 11.6. The molecular weight excluding hydrogens is 618 g/mol. The lowest BCUT2D eigenvalue weighted by atomic mass is 9.97. The number of amides is 2. The van der Waals surface area contributed by atoms with Crippen LogP contribution in [0.2, 0.25) is 0 Å². The minimum absolute atomic E-state index is 0.0900. The fourth-order valence-corrected chi connectivity index (χ4v) is 5.01. The Hall–Kier alpha value is -4.56. The van der Waals surface area contributed by atoms with Crippen molar-refractivity contribution in [1.29, 1.82) is 0 Å². The first-order valence-corrected chi connectivity index (χ1v) is 16.1. The standard InChI is InChI=1S/C35H45N5O8/c1-26(42)39-29-4-6-30(7-5-29)48-22-21-47-20-19-46-18-17-44-14-10-37-34-24-31(35(43)40-11-15-45-16-12-40)32(25-38-34)27-3-8-33(36-2)28(23-27)9-13-41/h3-8,13,23-25,36H,9-12,14-22H2,1-2H3,(H,37,38)(H,39,42). The van der Waals surface area contributed by atoms with E-state index in [1.807, 2.05) is 25.2 Å². The molecule has 2 heterocycles. The molecule has 0 saturated carbocycles. The molecule has 3 aromatic rings. The second-order valence-electron chi connectivity index (χ2n) is 10.8. The minimum Gasteiger partial charge on any atom is -0.491 e. The van der Waals surface area contributed by atoms with Crippen LogP contribution < -0.4 is 20.7 Å². The molecule has 13 heteroatoms. The van der Waals surface area contributed by atoms with Crippen LogP contribution in [0.5, 0.6) is 5.75 Å². The van der Waals surface area contributed by atoms with Crippen LogP contribution >= 0.6 is 0 Å². The second kappa shape index (κ2) is 20.0. The molecule has 1 aliphatic rings. The van der Waals surface area contributed by atoms with Gasteiger partial charge in [-0.1, -0.05) is 6.07 Å². The number of hydrogen-bond donors (Lipinski definition) is 3. The van der Waals surface area contributed by atoms with E-state index in [1.54, 1.807) is 41.4 Å². The van der Waals surface area contributed by atoms with E-state index in [2.05, 4.69) is 20.9 Å². The summed E-state index contributed by atoms with van der Waals surface area (Å²) in [5, 5.41) is 9.07. The highest BCUT2D eigenvalue weighted by molar-refractivity contribution is 6.01. The van der Waals surface area contributed by atoms with Gasteiger partial charge in [0.05, 0.1) is 58.4 Å². The van der Waals surface area contributed by atoms with Gasteiger partial charge in [0.15, 0.2) is 0 Å². The highest BCUT2D eigenvalue weighted by Gasteiger charge is 2.23. The van der Waals surface area contributed by atoms with Gasteiger partial charge >= 0.3 is 0 Å². The summed E-state index contributed by atoms with van der Waals surface area (Å²) in [6.07, 6.45) is 2.83. The predicted molar refractivity (Wildman–Crippen MR) is 183 cm³/mol. The van der Waals surface area contributed by atoms with E-state index in [9.17, 15) is 14.4 Å². The van der Waals surface area contributed by atoms with Crippen LogP contribution in [0.4, 0.5) is 17.2 Å². The van der Waals surface area contributed by atoms with Gasteiger partial charge in [-0.15, -0.1) is 0 Å². The molecule has 0 aliphatic carbocycles. The molecule has 4 rings (SSSR count). The third-order valence-corrected chi connectivity index (χ3v) is 7.39. The Kier molecular flexibility index (Phi) is 15.1. The summed E-state index contributed by atoms with van der Waals surface area (Å²) in [6.45, 7) is 7.01. The van der Waals surface area contributed by atoms with E-state index in [0.717, 1.165) is 28.8 Å². The summed E-state index contributed by atoms with van der Waals surface area (Å²) in [5.74, 6) is 1.06. The molecule has 1 fully saturated rings. The number of aldehydes is 1. The van der Waals surface area contributed by atoms with E-state index in [1.165, 1.54) is 6.92 Å². The lowest BCUT2D eigenvalue weighted by Crippen LogP contribution is -2.40. The molecular formula is C35H45N5O8. The zero-order valence-corrected chi connectivity index (χ0v) is 27.6. The van der Waals surface area contributed by atoms with Crippen molar-refractivity contribution in [2.75, 3.05) is 102 Å². The summed E-state index contributed by atoms with van der Waals surface area (Å²) >= 11 is 0. The van der Waals surface area contributed by atoms with Gasteiger partial charge < -0.3 is 49.3 Å². The van der Waals surface area contributed by atoms with Gasteiger partial charge in [0.25, 0.3) is 5.91 Å². The van der Waals surface area contributed by atoms with E-state index >= 15 is 0 Å². The number of morpholine rings is 1. The minimum atomic E-state index is -0.118. The lowest BCUT2D eigenvalue weighted by Gasteiger charge is -2.28. The zero-order chi connectivity index (χ0) is 34.0. The van der Waals surface area contributed by atoms with Gasteiger partial charge in [0.1, 0.15) is 24.5 Å². The molecule has 0 spiro atoms. The van der Waals surface area contributed by atoms with Crippen molar-refractivity contribution in [3.8, 4) is 16.9 Å². The molecule has 0 radical (unpaired) electrons. The Morgan fingerprint density at radius 3 is 2.27 bits per heavy atom. The summed E-state index contributed by atoms with van der Waals surface area (Å²) in [4.78, 5) is 42.4. The Bertz CT molecular complexity index is 1460. The molecule has 0 bridgehead atoms. The SMILES string of the molecule is CNc1ccc(-c2cnc(NCCOCCOCCOCCOc3ccc(NC(C)=O)cc3)cc2C(=O)N2CCOCC2)cc1CC=O. The monoisotopic (exact) mass is 663 g/mol. The Balaban J connectivity index is 1.16. The fourth-order valence-electron chi connectivity index (χ4n) is 5.01. The second-order valence-corrected chi connectivity index (χ2v) is 10.8. The molecule has 0 unspecified atom stereocenters. The van der Waals surface area contributed by atoms with Crippen molar-refractivity contribution in [1.82, 2.24) is 9.88 Å². The molecule has 2 aromatic carbocycles. The predicted octanol–water partition coefficient (Wildman–Crippen LogP) is 3.50. The first kappa shape index (κ1) is 36.3. The summed E-state index contributed by atoms with van der Waals surface area (Å²) in [7, 11) is 1.81. The van der Waals surface area contributed by atoms with Gasteiger partial charge in [0, 0.05) is 63.2 Å². The number of ether oxygens (including phenoxy) is 5. The molecule has 258 valence electrons. The molecule has 1 aliphatic heterocycles. The number of nitrogens with zero attached hydrogens (tertiary/aromatic N) is 2. The van der Waals surface area contributed by atoms with Crippen LogP contribution in [0.3, 0.4) is 0 Å². The third-order valence-electron chi connectivity index (χ3n) is 7.39. The summed E-state index contributed by atoms with van der Waals surface area (Å²) in [6, 6.07) is 14.7. The first-order valence-electron chi connectivity index (χ1n) is 16.1. The normalized spacial score (nSPS) is 12.8. The van der Waals surface area contributed by atoms with Gasteiger partial charge in [-0.2, -0.15) is 0 Å². The average molecular weight is 664 g/mol. The topological polar surface area (TPSA) is 150 Å². The molecule has 2 amide bonds. The quantitative estimate of drug-likeness (QED) is 0.120. The highest BCUT2D eigenvalue weighted by Crippen LogP contribution is 2.30. The average Bonchev–Trinajstić information content (AvgIpc) is 3.11. The molecule has 48 heavy (non-hydrogen) atoms. The molecule has 13 nitrogen and oxygen atoms in total. The van der Waals surface area contributed by atoms with Crippen LogP contribution in [0.25, 0.3) is 11.1 Å². The van der Waals surface area contributed by atoms with E-state index in [0.29, 0.717) is 102 Å². The molecule has 1 saturated heterocycles. The number of benzene rings is 2. The first-order chi connectivity index (χ1) is 23.5. The van der Waals surface area contributed by atoms with Crippen molar-refractivity contribution < 1.29 is 38.1 Å². The number of rotatable bonds is 20. The fraction of sp³-hybridized carbons (Fsp3) is 0.429. The van der Waals surface area contributed by atoms with Gasteiger partial charge in [-0.25, -0.2) is 4.98 Å².